The Kier molecular flexibility index (Phi) is 11.3. The molecule has 6 N–H and O–H groups in total. The summed E-state index contributed by atoms with van der Waals surface area (Å²) in [6, 6.07) is 6.86. The van der Waals surface area contributed by atoms with E-state index in [0.29, 0.717) is 22.0 Å². The topological polar surface area (TPSA) is 176 Å². The van der Waals surface area contributed by atoms with Crippen LogP contribution < -0.4 is 10.6 Å². The molecule has 0 aliphatic carbocycles. The van der Waals surface area contributed by atoms with E-state index in [0.717, 1.165) is 0 Å². The molecule has 0 aromatic heterocycles. The minimum atomic E-state index is -1.50. The maximum absolute atomic E-state index is 13.2. The second-order valence-electron chi connectivity index (χ2n) is 8.98. The lowest BCUT2D eigenvalue weighted by atomic mass is 9.80. The summed E-state index contributed by atoms with van der Waals surface area (Å²) in [4.78, 5) is 26.0. The predicted octanol–water partition coefficient (Wildman–Crippen LogP) is -0.303. The first-order valence-electron chi connectivity index (χ1n) is 12.5. The fourth-order valence-corrected chi connectivity index (χ4v) is 4.82. The molecule has 2 unspecified atom stereocenters. The lowest BCUT2D eigenvalue weighted by Crippen LogP contribution is -2.62. The Morgan fingerprint density at radius 2 is 1.82 bits per heavy atom. The zero-order valence-corrected chi connectivity index (χ0v) is 22.7. The number of allylic oxidation sites excluding steroid dienone is 1. The zero-order chi connectivity index (χ0) is 28.7. The Morgan fingerprint density at radius 1 is 1.10 bits per heavy atom. The van der Waals surface area contributed by atoms with Gasteiger partial charge in [-0.1, -0.05) is 29.8 Å². The van der Waals surface area contributed by atoms with Gasteiger partial charge in [0.15, 0.2) is 0 Å². The molecule has 39 heavy (non-hydrogen) atoms. The minimum Gasteiger partial charge on any atom is -0.466 e. The fourth-order valence-electron chi connectivity index (χ4n) is 4.58. The van der Waals surface area contributed by atoms with Crippen molar-refractivity contribution in [3.05, 3.63) is 57.4 Å². The minimum absolute atomic E-state index is 0.0722. The van der Waals surface area contributed by atoms with Gasteiger partial charge in [0.05, 0.1) is 56.3 Å². The van der Waals surface area contributed by atoms with Crippen LogP contribution in [0, 0.1) is 0 Å². The fraction of sp³-hybridized carbons (Fsp3) is 0.538. The molecule has 2 aliphatic heterocycles. The van der Waals surface area contributed by atoms with Crippen LogP contribution in [-0.2, 0) is 28.5 Å². The Bertz CT molecular complexity index is 1090. The Labute approximate surface area is 231 Å². The highest BCUT2D eigenvalue weighted by molar-refractivity contribution is 6.31. The molecule has 0 radical (unpaired) electrons. The number of dihydropyridines is 1. The smallest absolute Gasteiger partial charge is 0.336 e. The quantitative estimate of drug-likeness (QED) is 0.151. The third kappa shape index (κ3) is 6.97. The first kappa shape index (κ1) is 31.0. The van der Waals surface area contributed by atoms with E-state index in [2.05, 4.69) is 10.6 Å². The molecule has 0 bridgehead atoms. The van der Waals surface area contributed by atoms with Crippen molar-refractivity contribution in [3.63, 3.8) is 0 Å². The average molecular weight is 571 g/mol. The summed E-state index contributed by atoms with van der Waals surface area (Å²) >= 11 is 6.49. The molecular formula is C26H35ClN2O10. The normalized spacial score (nSPS) is 27.3. The summed E-state index contributed by atoms with van der Waals surface area (Å²) in [6.07, 6.45) is -6.47. The van der Waals surface area contributed by atoms with Crippen LogP contribution in [0.5, 0.6) is 0 Å². The van der Waals surface area contributed by atoms with Crippen molar-refractivity contribution >= 4 is 23.5 Å². The van der Waals surface area contributed by atoms with Gasteiger partial charge in [0, 0.05) is 17.3 Å². The summed E-state index contributed by atoms with van der Waals surface area (Å²) in [7, 11) is 1.25. The molecule has 6 atom stereocenters. The second kappa shape index (κ2) is 14.2. The van der Waals surface area contributed by atoms with Gasteiger partial charge in [0.2, 0.25) is 0 Å². The highest BCUT2D eigenvalue weighted by Gasteiger charge is 2.43. The second-order valence-corrected chi connectivity index (χ2v) is 9.39. The van der Waals surface area contributed by atoms with Gasteiger partial charge in [0.1, 0.15) is 30.6 Å². The molecule has 216 valence electrons. The number of methoxy groups -OCH3 is 1. The summed E-state index contributed by atoms with van der Waals surface area (Å²) in [5.74, 6) is -2.16. The SMILES string of the molecule is CCOC(=O)C1=C(COCCNC2O[C@H](CO)[C@H](O)[C@H](O)[C@H]2O)NC(C)=C(C(=O)OC)C1c1ccccc1Cl. The van der Waals surface area contributed by atoms with Gasteiger partial charge in [-0.2, -0.15) is 0 Å². The van der Waals surface area contributed by atoms with Gasteiger partial charge < -0.3 is 44.7 Å². The van der Waals surface area contributed by atoms with Crippen molar-refractivity contribution in [3.8, 4) is 0 Å². The van der Waals surface area contributed by atoms with Gasteiger partial charge in [-0.3, -0.25) is 5.32 Å². The van der Waals surface area contributed by atoms with Crippen molar-refractivity contribution in [2.75, 3.05) is 40.1 Å². The molecule has 1 aromatic carbocycles. The number of halogens is 1. The molecule has 0 saturated carbocycles. The standard InChI is InChI=1S/C26H35ClN2O10/c1-4-38-26(35)20-16(12-37-10-9-28-24-23(33)22(32)21(31)17(11-30)39-24)29-13(2)18(25(34)36-3)19(20)14-7-5-6-8-15(14)27/h5-8,17,19,21-24,28-33H,4,9-12H2,1-3H3/t17-,19?,21+,22+,23-,24?/m1/s1. The van der Waals surface area contributed by atoms with E-state index in [9.17, 15) is 30.0 Å². The van der Waals surface area contributed by atoms with E-state index in [1.54, 1.807) is 38.1 Å². The Balaban J connectivity index is 1.80. The number of hydrogen-bond acceptors (Lipinski definition) is 12. The summed E-state index contributed by atoms with van der Waals surface area (Å²) in [6.45, 7) is 3.08. The first-order valence-corrected chi connectivity index (χ1v) is 12.9. The Morgan fingerprint density at radius 3 is 2.46 bits per heavy atom. The third-order valence-electron chi connectivity index (χ3n) is 6.49. The molecule has 2 aliphatic rings. The highest BCUT2D eigenvalue weighted by Crippen LogP contribution is 2.41. The lowest BCUT2D eigenvalue weighted by molar-refractivity contribution is -0.236. The molecule has 1 fully saturated rings. The molecule has 13 heteroatoms. The number of rotatable bonds is 11. The summed E-state index contributed by atoms with van der Waals surface area (Å²) in [5.41, 5.74) is 1.71. The number of aliphatic hydroxyl groups is 4. The zero-order valence-electron chi connectivity index (χ0n) is 21.9. The van der Waals surface area contributed by atoms with E-state index in [1.165, 1.54) is 7.11 Å². The third-order valence-corrected chi connectivity index (χ3v) is 6.84. The van der Waals surface area contributed by atoms with Crippen molar-refractivity contribution in [2.24, 2.45) is 0 Å². The number of carbonyl (C=O) groups is 2. The number of hydrogen-bond donors (Lipinski definition) is 6. The van der Waals surface area contributed by atoms with Crippen LogP contribution in [0.2, 0.25) is 5.02 Å². The van der Waals surface area contributed by atoms with E-state index in [4.69, 9.17) is 30.5 Å². The molecular weight excluding hydrogens is 536 g/mol. The van der Waals surface area contributed by atoms with Gasteiger partial charge >= 0.3 is 11.9 Å². The monoisotopic (exact) mass is 570 g/mol. The van der Waals surface area contributed by atoms with Crippen LogP contribution >= 0.6 is 11.6 Å². The predicted molar refractivity (Wildman–Crippen MR) is 138 cm³/mol. The van der Waals surface area contributed by atoms with E-state index < -0.39 is 55.1 Å². The van der Waals surface area contributed by atoms with Gasteiger partial charge in [-0.05, 0) is 25.5 Å². The van der Waals surface area contributed by atoms with Gasteiger partial charge in [0.25, 0.3) is 0 Å². The summed E-state index contributed by atoms with van der Waals surface area (Å²) < 4.78 is 21.5. The van der Waals surface area contributed by atoms with Crippen molar-refractivity contribution in [2.45, 2.75) is 50.4 Å². The maximum atomic E-state index is 13.2. The molecule has 3 rings (SSSR count). The van der Waals surface area contributed by atoms with Crippen LogP contribution in [0.15, 0.2) is 46.8 Å². The highest BCUT2D eigenvalue weighted by atomic mass is 35.5. The number of aliphatic hydroxyl groups excluding tert-OH is 4. The summed E-state index contributed by atoms with van der Waals surface area (Å²) in [5, 5.41) is 45.6. The largest absolute Gasteiger partial charge is 0.466 e. The number of esters is 2. The average Bonchev–Trinajstić information content (AvgIpc) is 2.92. The van der Waals surface area contributed by atoms with Crippen LogP contribution in [0.3, 0.4) is 0 Å². The van der Waals surface area contributed by atoms with E-state index in [-0.39, 0.29) is 37.5 Å². The van der Waals surface area contributed by atoms with Crippen LogP contribution in [0.25, 0.3) is 0 Å². The number of benzene rings is 1. The van der Waals surface area contributed by atoms with Crippen molar-refractivity contribution in [1.82, 2.24) is 10.6 Å². The van der Waals surface area contributed by atoms with E-state index in [1.807, 2.05) is 0 Å². The lowest BCUT2D eigenvalue weighted by Gasteiger charge is -2.40. The number of nitrogens with one attached hydrogen (secondary N) is 2. The van der Waals surface area contributed by atoms with Crippen LogP contribution in [0.1, 0.15) is 25.3 Å². The molecule has 2 heterocycles. The molecule has 0 amide bonds. The number of ether oxygens (including phenoxy) is 4. The van der Waals surface area contributed by atoms with Crippen molar-refractivity contribution in [1.29, 1.82) is 0 Å². The molecule has 1 saturated heterocycles. The number of carbonyl (C=O) groups excluding carboxylic acids is 2. The van der Waals surface area contributed by atoms with Gasteiger partial charge in [-0.25, -0.2) is 9.59 Å². The van der Waals surface area contributed by atoms with E-state index >= 15 is 0 Å². The maximum Gasteiger partial charge on any atom is 0.336 e. The first-order chi connectivity index (χ1) is 18.7. The Hall–Kier alpha value is -2.55. The van der Waals surface area contributed by atoms with Crippen LogP contribution in [-0.4, -0.2) is 103 Å². The molecule has 0 spiro atoms. The van der Waals surface area contributed by atoms with Gasteiger partial charge in [-0.15, -0.1) is 0 Å². The van der Waals surface area contributed by atoms with Crippen molar-refractivity contribution < 1.29 is 49.0 Å². The molecule has 1 aromatic rings. The van der Waals surface area contributed by atoms with Crippen LogP contribution in [0.4, 0.5) is 0 Å². The molecule has 12 nitrogen and oxygen atoms in total.